The first-order valence-electron chi connectivity index (χ1n) is 7.14. The molecule has 1 fully saturated rings. The Morgan fingerprint density at radius 3 is 2.31 bits per heavy atom. The van der Waals surface area contributed by atoms with Crippen LogP contribution in [0.5, 0.6) is 0 Å². The Kier molecular flexibility index (Phi) is 5.51. The zero-order valence-electron chi connectivity index (χ0n) is 11.3. The quantitative estimate of drug-likeness (QED) is 0.571. The van der Waals surface area contributed by atoms with E-state index in [4.69, 9.17) is 0 Å². The highest BCUT2D eigenvalue weighted by Crippen LogP contribution is 2.44. The van der Waals surface area contributed by atoms with E-state index >= 15 is 0 Å². The van der Waals surface area contributed by atoms with Crippen molar-refractivity contribution in [3.8, 4) is 0 Å². The molecule has 1 saturated carbocycles. The van der Waals surface area contributed by atoms with Crippen molar-refractivity contribution in [2.24, 2.45) is 11.3 Å². The minimum atomic E-state index is 0.0852. The number of ketones is 1. The molecule has 0 amide bonds. The minimum absolute atomic E-state index is 0.0852. The van der Waals surface area contributed by atoms with E-state index in [1.165, 1.54) is 25.7 Å². The SMILES string of the molecule is CCCCCC(=O)C1(CC(C)C)CCCC1. The lowest BCUT2D eigenvalue weighted by Gasteiger charge is -2.29. The molecule has 16 heavy (non-hydrogen) atoms. The third-order valence-electron chi connectivity index (χ3n) is 3.96. The van der Waals surface area contributed by atoms with Crippen molar-refractivity contribution in [1.29, 1.82) is 0 Å². The Morgan fingerprint density at radius 2 is 1.81 bits per heavy atom. The number of carbonyl (C=O) groups excluding carboxylic acids is 1. The Bertz CT molecular complexity index is 211. The van der Waals surface area contributed by atoms with Gasteiger partial charge < -0.3 is 0 Å². The van der Waals surface area contributed by atoms with Gasteiger partial charge in [-0.3, -0.25) is 4.79 Å². The Balaban J connectivity index is 2.51. The van der Waals surface area contributed by atoms with Gasteiger partial charge in [-0.05, 0) is 31.6 Å². The monoisotopic (exact) mass is 224 g/mol. The Morgan fingerprint density at radius 1 is 1.19 bits per heavy atom. The van der Waals surface area contributed by atoms with Crippen molar-refractivity contribution in [3.63, 3.8) is 0 Å². The first kappa shape index (κ1) is 13.7. The highest BCUT2D eigenvalue weighted by atomic mass is 16.1. The lowest BCUT2D eigenvalue weighted by Crippen LogP contribution is -2.29. The largest absolute Gasteiger partial charge is 0.299 e. The zero-order valence-corrected chi connectivity index (χ0v) is 11.3. The summed E-state index contributed by atoms with van der Waals surface area (Å²) < 4.78 is 0. The average Bonchev–Trinajstić information content (AvgIpc) is 2.67. The van der Waals surface area contributed by atoms with Gasteiger partial charge in [-0.15, -0.1) is 0 Å². The van der Waals surface area contributed by atoms with Crippen LogP contribution in [0.1, 0.15) is 78.6 Å². The van der Waals surface area contributed by atoms with Gasteiger partial charge in [-0.2, -0.15) is 0 Å². The number of hydrogen-bond acceptors (Lipinski definition) is 1. The fourth-order valence-corrected chi connectivity index (χ4v) is 3.23. The number of Topliss-reactive ketones (excluding diaryl/α,β-unsaturated/α-hetero) is 1. The Hall–Kier alpha value is -0.330. The summed E-state index contributed by atoms with van der Waals surface area (Å²) in [5.41, 5.74) is 0.0852. The standard InChI is InChI=1S/C15H28O/c1-4-5-6-9-14(16)15(12-13(2)3)10-7-8-11-15/h13H,4-12H2,1-3H3. The summed E-state index contributed by atoms with van der Waals surface area (Å²) in [6, 6.07) is 0. The molecule has 0 aromatic heterocycles. The van der Waals surface area contributed by atoms with Gasteiger partial charge in [0, 0.05) is 11.8 Å². The fraction of sp³-hybridized carbons (Fsp3) is 0.933. The van der Waals surface area contributed by atoms with E-state index in [1.807, 2.05) is 0 Å². The van der Waals surface area contributed by atoms with E-state index < -0.39 is 0 Å². The molecule has 0 aromatic rings. The smallest absolute Gasteiger partial charge is 0.139 e. The van der Waals surface area contributed by atoms with Crippen LogP contribution in [0, 0.1) is 11.3 Å². The first-order chi connectivity index (χ1) is 7.60. The van der Waals surface area contributed by atoms with E-state index in [2.05, 4.69) is 20.8 Å². The summed E-state index contributed by atoms with van der Waals surface area (Å²) in [7, 11) is 0. The molecule has 1 aliphatic rings. The molecule has 0 bridgehead atoms. The molecule has 0 N–H and O–H groups in total. The van der Waals surface area contributed by atoms with Gasteiger partial charge in [0.05, 0.1) is 0 Å². The maximum atomic E-state index is 12.4. The van der Waals surface area contributed by atoms with Gasteiger partial charge in [-0.25, -0.2) is 0 Å². The van der Waals surface area contributed by atoms with Crippen LogP contribution in [0.15, 0.2) is 0 Å². The van der Waals surface area contributed by atoms with Crippen LogP contribution in [0.2, 0.25) is 0 Å². The predicted molar refractivity (Wildman–Crippen MR) is 69.5 cm³/mol. The van der Waals surface area contributed by atoms with Crippen LogP contribution < -0.4 is 0 Å². The molecule has 1 nitrogen and oxygen atoms in total. The van der Waals surface area contributed by atoms with Crippen LogP contribution in [-0.2, 0) is 4.79 Å². The summed E-state index contributed by atoms with van der Waals surface area (Å²) in [4.78, 5) is 12.4. The van der Waals surface area contributed by atoms with E-state index in [0.29, 0.717) is 11.7 Å². The highest BCUT2D eigenvalue weighted by molar-refractivity contribution is 5.85. The van der Waals surface area contributed by atoms with Gasteiger partial charge in [0.15, 0.2) is 0 Å². The lowest BCUT2D eigenvalue weighted by molar-refractivity contribution is -0.129. The van der Waals surface area contributed by atoms with Crippen molar-refractivity contribution in [3.05, 3.63) is 0 Å². The van der Waals surface area contributed by atoms with Crippen LogP contribution in [0.3, 0.4) is 0 Å². The Labute approximate surface area is 101 Å². The van der Waals surface area contributed by atoms with Gasteiger partial charge in [0.25, 0.3) is 0 Å². The van der Waals surface area contributed by atoms with Gasteiger partial charge in [0.2, 0.25) is 0 Å². The average molecular weight is 224 g/mol. The summed E-state index contributed by atoms with van der Waals surface area (Å²) >= 11 is 0. The van der Waals surface area contributed by atoms with Crippen molar-refractivity contribution in [2.45, 2.75) is 78.6 Å². The maximum Gasteiger partial charge on any atom is 0.139 e. The molecule has 0 atom stereocenters. The first-order valence-corrected chi connectivity index (χ1v) is 7.14. The summed E-state index contributed by atoms with van der Waals surface area (Å²) in [6.45, 7) is 6.70. The molecule has 0 saturated heterocycles. The molecular weight excluding hydrogens is 196 g/mol. The lowest BCUT2D eigenvalue weighted by atomic mass is 9.74. The van der Waals surface area contributed by atoms with Crippen molar-refractivity contribution in [1.82, 2.24) is 0 Å². The topological polar surface area (TPSA) is 17.1 Å². The second-order valence-corrected chi connectivity index (χ2v) is 5.97. The van der Waals surface area contributed by atoms with Crippen LogP contribution in [0.4, 0.5) is 0 Å². The highest BCUT2D eigenvalue weighted by Gasteiger charge is 2.40. The molecule has 0 aliphatic heterocycles. The second kappa shape index (κ2) is 6.42. The molecule has 0 aromatic carbocycles. The minimum Gasteiger partial charge on any atom is -0.299 e. The van der Waals surface area contributed by atoms with E-state index in [1.54, 1.807) is 0 Å². The molecule has 1 aliphatic carbocycles. The molecular formula is C15H28O. The summed E-state index contributed by atoms with van der Waals surface area (Å²) in [5.74, 6) is 1.24. The van der Waals surface area contributed by atoms with E-state index in [9.17, 15) is 4.79 Å². The van der Waals surface area contributed by atoms with Crippen LogP contribution >= 0.6 is 0 Å². The van der Waals surface area contributed by atoms with Crippen molar-refractivity contribution >= 4 is 5.78 Å². The molecule has 94 valence electrons. The molecule has 0 heterocycles. The second-order valence-electron chi connectivity index (χ2n) is 5.97. The van der Waals surface area contributed by atoms with Crippen LogP contribution in [-0.4, -0.2) is 5.78 Å². The molecule has 1 heteroatoms. The molecule has 0 radical (unpaired) electrons. The van der Waals surface area contributed by atoms with Gasteiger partial charge >= 0.3 is 0 Å². The molecule has 1 rings (SSSR count). The summed E-state index contributed by atoms with van der Waals surface area (Å²) in [5, 5.41) is 0. The zero-order chi connectivity index (χ0) is 12.0. The number of hydrogen-bond donors (Lipinski definition) is 0. The van der Waals surface area contributed by atoms with Gasteiger partial charge in [0.1, 0.15) is 5.78 Å². The fourth-order valence-electron chi connectivity index (χ4n) is 3.23. The van der Waals surface area contributed by atoms with Crippen LogP contribution in [0.25, 0.3) is 0 Å². The van der Waals surface area contributed by atoms with E-state index in [0.717, 1.165) is 32.1 Å². The third-order valence-corrected chi connectivity index (χ3v) is 3.96. The molecule has 0 unspecified atom stereocenters. The normalized spacial score (nSPS) is 19.2. The number of rotatable bonds is 7. The number of carbonyl (C=O) groups is 1. The maximum absolute atomic E-state index is 12.4. The van der Waals surface area contributed by atoms with Crippen molar-refractivity contribution in [2.75, 3.05) is 0 Å². The summed E-state index contributed by atoms with van der Waals surface area (Å²) in [6.07, 6.45) is 10.4. The number of unbranched alkanes of at least 4 members (excludes halogenated alkanes) is 2. The predicted octanol–water partition coefficient (Wildman–Crippen LogP) is 4.74. The third kappa shape index (κ3) is 3.61. The molecule has 0 spiro atoms. The van der Waals surface area contributed by atoms with Gasteiger partial charge in [-0.1, -0.05) is 46.5 Å². The van der Waals surface area contributed by atoms with E-state index in [-0.39, 0.29) is 5.41 Å². The van der Waals surface area contributed by atoms with Crippen molar-refractivity contribution < 1.29 is 4.79 Å².